The van der Waals surface area contributed by atoms with Gasteiger partial charge in [0.05, 0.1) is 18.5 Å². The minimum absolute atomic E-state index is 0.475. The van der Waals surface area contributed by atoms with Gasteiger partial charge >= 0.3 is 0 Å². The summed E-state index contributed by atoms with van der Waals surface area (Å²) in [6.07, 6.45) is 4.46. The highest BCUT2D eigenvalue weighted by Gasteiger charge is 2.22. The zero-order valence-electron chi connectivity index (χ0n) is 12.2. The number of hydrogen-bond acceptors (Lipinski definition) is 4. The van der Waals surface area contributed by atoms with E-state index in [-0.39, 0.29) is 0 Å². The van der Waals surface area contributed by atoms with E-state index in [1.807, 2.05) is 25.3 Å². The molecule has 1 fully saturated rings. The number of pyridine rings is 1. The van der Waals surface area contributed by atoms with Crippen molar-refractivity contribution in [2.45, 2.75) is 32.7 Å². The number of ether oxygens (including phenoxy) is 1. The molecule has 1 aliphatic rings. The molecule has 0 saturated carbocycles. The molecule has 0 radical (unpaired) electrons. The fourth-order valence-corrected chi connectivity index (χ4v) is 2.69. The van der Waals surface area contributed by atoms with Gasteiger partial charge in [-0.2, -0.15) is 0 Å². The van der Waals surface area contributed by atoms with Crippen LogP contribution in [0.25, 0.3) is 0 Å². The molecule has 1 saturated heterocycles. The lowest BCUT2D eigenvalue weighted by Gasteiger charge is -2.34. The Bertz CT molecular complexity index is 379. The van der Waals surface area contributed by atoms with Crippen LogP contribution in [0.2, 0.25) is 0 Å². The summed E-state index contributed by atoms with van der Waals surface area (Å²) in [5.41, 5.74) is 1.07. The second kappa shape index (κ2) is 6.75. The van der Waals surface area contributed by atoms with Crippen LogP contribution in [0.1, 0.15) is 26.7 Å². The highest BCUT2D eigenvalue weighted by Crippen LogP contribution is 2.22. The molecule has 1 N–H and O–H groups in total. The molecular formula is C15H25N3O. The van der Waals surface area contributed by atoms with E-state index in [1.54, 1.807) is 0 Å². The summed E-state index contributed by atoms with van der Waals surface area (Å²) < 4.78 is 5.35. The van der Waals surface area contributed by atoms with E-state index >= 15 is 0 Å². The predicted molar refractivity (Wildman–Crippen MR) is 78.7 cm³/mol. The van der Waals surface area contributed by atoms with Crippen molar-refractivity contribution in [3.63, 3.8) is 0 Å². The summed E-state index contributed by atoms with van der Waals surface area (Å²) in [4.78, 5) is 6.71. The fraction of sp³-hybridized carbons (Fsp3) is 0.667. The van der Waals surface area contributed by atoms with Crippen molar-refractivity contribution in [2.24, 2.45) is 5.92 Å². The summed E-state index contributed by atoms with van der Waals surface area (Å²) in [6, 6.07) is 4.44. The van der Waals surface area contributed by atoms with Crippen molar-refractivity contribution in [1.82, 2.24) is 9.88 Å². The second-order valence-electron chi connectivity index (χ2n) is 5.42. The number of nitrogens with zero attached hydrogens (tertiary/aromatic N) is 2. The SMILES string of the molecule is CCOc1ccc(NC(C)C2CCCN(C)C2)cn1. The standard InChI is InChI=1S/C15H25N3O/c1-4-19-15-8-7-14(10-16-15)17-12(2)13-6-5-9-18(3)11-13/h7-8,10,12-13,17H,4-6,9,11H2,1-3H3. The molecule has 0 amide bonds. The molecule has 106 valence electrons. The Labute approximate surface area is 116 Å². The molecule has 19 heavy (non-hydrogen) atoms. The molecule has 4 nitrogen and oxygen atoms in total. The van der Waals surface area contributed by atoms with Crippen LogP contribution in [0.15, 0.2) is 18.3 Å². The van der Waals surface area contributed by atoms with Gasteiger partial charge in [-0.15, -0.1) is 0 Å². The minimum Gasteiger partial charge on any atom is -0.478 e. The Kier molecular flexibility index (Phi) is 5.02. The van der Waals surface area contributed by atoms with Crippen molar-refractivity contribution in [3.8, 4) is 5.88 Å². The third kappa shape index (κ3) is 4.10. The van der Waals surface area contributed by atoms with E-state index in [1.165, 1.54) is 25.9 Å². The molecule has 1 aromatic rings. The Morgan fingerprint density at radius 1 is 1.53 bits per heavy atom. The monoisotopic (exact) mass is 263 g/mol. The Balaban J connectivity index is 1.88. The lowest BCUT2D eigenvalue weighted by molar-refractivity contribution is 0.197. The van der Waals surface area contributed by atoms with Crippen LogP contribution in [0, 0.1) is 5.92 Å². The number of piperidine rings is 1. The first-order valence-corrected chi connectivity index (χ1v) is 7.23. The predicted octanol–water partition coefficient (Wildman–Crippen LogP) is 2.62. The van der Waals surface area contributed by atoms with Crippen LogP contribution in [-0.4, -0.2) is 42.7 Å². The van der Waals surface area contributed by atoms with E-state index in [0.29, 0.717) is 24.4 Å². The second-order valence-corrected chi connectivity index (χ2v) is 5.42. The molecule has 2 rings (SSSR count). The number of rotatable bonds is 5. The van der Waals surface area contributed by atoms with Gasteiger partial charge in [-0.3, -0.25) is 0 Å². The Morgan fingerprint density at radius 3 is 3.00 bits per heavy atom. The molecule has 4 heteroatoms. The van der Waals surface area contributed by atoms with E-state index in [4.69, 9.17) is 4.74 Å². The van der Waals surface area contributed by atoms with Crippen molar-refractivity contribution in [1.29, 1.82) is 0 Å². The molecule has 2 unspecified atom stereocenters. The third-order valence-corrected chi connectivity index (χ3v) is 3.79. The Morgan fingerprint density at radius 2 is 2.37 bits per heavy atom. The number of likely N-dealkylation sites (tertiary alicyclic amines) is 1. The van der Waals surface area contributed by atoms with Gasteiger partial charge in [0.2, 0.25) is 5.88 Å². The van der Waals surface area contributed by atoms with Gasteiger partial charge in [-0.1, -0.05) is 0 Å². The molecule has 0 bridgehead atoms. The van der Waals surface area contributed by atoms with E-state index in [9.17, 15) is 0 Å². The molecular weight excluding hydrogens is 238 g/mol. The number of hydrogen-bond donors (Lipinski definition) is 1. The molecule has 2 atom stereocenters. The maximum atomic E-state index is 5.35. The van der Waals surface area contributed by atoms with Crippen LogP contribution in [0.5, 0.6) is 5.88 Å². The average Bonchev–Trinajstić information content (AvgIpc) is 2.41. The van der Waals surface area contributed by atoms with Gasteiger partial charge in [0.25, 0.3) is 0 Å². The first-order valence-electron chi connectivity index (χ1n) is 7.23. The van der Waals surface area contributed by atoms with Gasteiger partial charge in [0.15, 0.2) is 0 Å². The molecule has 0 spiro atoms. The van der Waals surface area contributed by atoms with Crippen molar-refractivity contribution in [2.75, 3.05) is 32.1 Å². The van der Waals surface area contributed by atoms with Crippen molar-refractivity contribution < 1.29 is 4.74 Å². The normalized spacial score (nSPS) is 21.9. The first kappa shape index (κ1) is 14.1. The zero-order valence-corrected chi connectivity index (χ0v) is 12.2. The maximum absolute atomic E-state index is 5.35. The highest BCUT2D eigenvalue weighted by molar-refractivity contribution is 5.43. The first-order chi connectivity index (χ1) is 9.19. The molecule has 0 aromatic carbocycles. The smallest absolute Gasteiger partial charge is 0.213 e. The molecule has 2 heterocycles. The number of nitrogens with one attached hydrogen (secondary N) is 1. The minimum atomic E-state index is 0.475. The average molecular weight is 263 g/mol. The summed E-state index contributed by atoms with van der Waals surface area (Å²) in [7, 11) is 2.21. The topological polar surface area (TPSA) is 37.4 Å². The molecule has 1 aliphatic heterocycles. The van der Waals surface area contributed by atoms with E-state index in [0.717, 1.165) is 5.69 Å². The third-order valence-electron chi connectivity index (χ3n) is 3.79. The van der Waals surface area contributed by atoms with Crippen molar-refractivity contribution >= 4 is 5.69 Å². The van der Waals surface area contributed by atoms with Gasteiger partial charge in [0, 0.05) is 18.7 Å². The van der Waals surface area contributed by atoms with Gasteiger partial charge in [0.1, 0.15) is 0 Å². The summed E-state index contributed by atoms with van der Waals surface area (Å²) in [5.74, 6) is 1.41. The fourth-order valence-electron chi connectivity index (χ4n) is 2.69. The molecule has 1 aromatic heterocycles. The maximum Gasteiger partial charge on any atom is 0.213 e. The van der Waals surface area contributed by atoms with Gasteiger partial charge in [-0.05, 0) is 52.3 Å². The largest absolute Gasteiger partial charge is 0.478 e. The van der Waals surface area contributed by atoms with Crippen LogP contribution in [0.4, 0.5) is 5.69 Å². The van der Waals surface area contributed by atoms with Crippen LogP contribution >= 0.6 is 0 Å². The lowest BCUT2D eigenvalue weighted by Crippen LogP contribution is -2.39. The highest BCUT2D eigenvalue weighted by atomic mass is 16.5. The number of aromatic nitrogens is 1. The zero-order chi connectivity index (χ0) is 13.7. The van der Waals surface area contributed by atoms with Crippen molar-refractivity contribution in [3.05, 3.63) is 18.3 Å². The van der Waals surface area contributed by atoms with Gasteiger partial charge < -0.3 is 15.0 Å². The van der Waals surface area contributed by atoms with Crippen LogP contribution < -0.4 is 10.1 Å². The van der Waals surface area contributed by atoms with Gasteiger partial charge in [-0.25, -0.2) is 4.98 Å². The van der Waals surface area contributed by atoms with E-state index < -0.39 is 0 Å². The lowest BCUT2D eigenvalue weighted by atomic mass is 9.92. The summed E-state index contributed by atoms with van der Waals surface area (Å²) in [6.45, 7) is 7.30. The summed E-state index contributed by atoms with van der Waals surface area (Å²) in [5, 5.41) is 3.56. The quantitative estimate of drug-likeness (QED) is 0.886. The Hall–Kier alpha value is -1.29. The molecule has 0 aliphatic carbocycles. The summed E-state index contributed by atoms with van der Waals surface area (Å²) >= 11 is 0. The van der Waals surface area contributed by atoms with E-state index in [2.05, 4.69) is 29.2 Å². The van der Waals surface area contributed by atoms with Crippen LogP contribution in [-0.2, 0) is 0 Å². The van der Waals surface area contributed by atoms with Crippen LogP contribution in [0.3, 0.4) is 0 Å². The number of anilines is 1.